The van der Waals surface area contributed by atoms with Crippen LogP contribution in [-0.2, 0) is 9.59 Å². The molecule has 2 amide bonds. The summed E-state index contributed by atoms with van der Waals surface area (Å²) < 4.78 is 0. The molecular weight excluding hydrogens is 290 g/mol. The Hall–Kier alpha value is -1.88. The fourth-order valence-corrected chi connectivity index (χ4v) is 2.83. The minimum atomic E-state index is -0.170. The highest BCUT2D eigenvalue weighted by atomic mass is 16.2. The highest BCUT2D eigenvalue weighted by Gasteiger charge is 2.22. The second-order valence-corrected chi connectivity index (χ2v) is 6.48. The number of anilines is 1. The molecule has 1 unspecified atom stereocenters. The molecule has 23 heavy (non-hydrogen) atoms. The van der Waals surface area contributed by atoms with Gasteiger partial charge in [0.1, 0.15) is 0 Å². The van der Waals surface area contributed by atoms with Crippen LogP contribution < -0.4 is 5.32 Å². The molecule has 0 spiro atoms. The first-order valence-corrected chi connectivity index (χ1v) is 8.30. The number of carbonyl (C=O) groups excluding carboxylic acids is 2. The van der Waals surface area contributed by atoms with Crippen molar-refractivity contribution in [2.75, 3.05) is 32.0 Å². The highest BCUT2D eigenvalue weighted by molar-refractivity contribution is 5.94. The summed E-state index contributed by atoms with van der Waals surface area (Å²) in [5.41, 5.74) is 1.90. The Bertz CT molecular complexity index is 542. The van der Waals surface area contributed by atoms with Crippen molar-refractivity contribution in [2.45, 2.75) is 39.2 Å². The zero-order chi connectivity index (χ0) is 16.8. The van der Waals surface area contributed by atoms with E-state index in [0.29, 0.717) is 12.6 Å². The van der Waals surface area contributed by atoms with Crippen molar-refractivity contribution in [3.8, 4) is 0 Å². The molecule has 0 radical (unpaired) electrons. The van der Waals surface area contributed by atoms with Gasteiger partial charge in [-0.1, -0.05) is 24.1 Å². The first-order valence-electron chi connectivity index (χ1n) is 8.30. The molecule has 1 saturated heterocycles. The minimum absolute atomic E-state index is 0.00203. The summed E-state index contributed by atoms with van der Waals surface area (Å²) in [5, 5.41) is 2.82. The molecule has 2 rings (SSSR count). The van der Waals surface area contributed by atoms with E-state index in [1.165, 1.54) is 11.3 Å². The molecular formula is C18H27N3O2. The molecule has 1 atom stereocenters. The molecule has 0 saturated carbocycles. The SMILES string of the molecule is Cc1ccc(NC(=O)CN(C)C(=O)CN2CCCCC2C)cc1. The van der Waals surface area contributed by atoms with Crippen molar-refractivity contribution >= 4 is 17.5 Å². The number of likely N-dealkylation sites (N-methyl/N-ethyl adjacent to an activating group) is 1. The zero-order valence-electron chi connectivity index (χ0n) is 14.3. The summed E-state index contributed by atoms with van der Waals surface area (Å²) in [6.45, 7) is 5.61. The minimum Gasteiger partial charge on any atom is -0.335 e. The Balaban J connectivity index is 1.80. The Labute approximate surface area is 138 Å². The molecule has 5 nitrogen and oxygen atoms in total. The Morgan fingerprint density at radius 1 is 1.26 bits per heavy atom. The van der Waals surface area contributed by atoms with Crippen LogP contribution >= 0.6 is 0 Å². The van der Waals surface area contributed by atoms with Crippen LogP contribution in [0, 0.1) is 6.92 Å². The summed E-state index contributed by atoms with van der Waals surface area (Å²) in [7, 11) is 1.69. The molecule has 0 aromatic heterocycles. The van der Waals surface area contributed by atoms with Crippen molar-refractivity contribution in [3.05, 3.63) is 29.8 Å². The third-order valence-corrected chi connectivity index (χ3v) is 4.42. The fraction of sp³-hybridized carbons (Fsp3) is 0.556. The maximum atomic E-state index is 12.3. The number of piperidine rings is 1. The van der Waals surface area contributed by atoms with E-state index in [9.17, 15) is 9.59 Å². The van der Waals surface area contributed by atoms with Gasteiger partial charge >= 0.3 is 0 Å². The summed E-state index contributed by atoms with van der Waals surface area (Å²) in [6, 6.07) is 8.07. The number of carbonyl (C=O) groups is 2. The molecule has 5 heteroatoms. The van der Waals surface area contributed by atoms with Crippen molar-refractivity contribution in [1.29, 1.82) is 0 Å². The number of likely N-dealkylation sites (tertiary alicyclic amines) is 1. The van der Waals surface area contributed by atoms with Crippen LogP contribution in [0.4, 0.5) is 5.69 Å². The first-order chi connectivity index (χ1) is 11.0. The molecule has 1 aromatic rings. The van der Waals surface area contributed by atoms with Gasteiger partial charge in [0.2, 0.25) is 11.8 Å². The van der Waals surface area contributed by atoms with E-state index < -0.39 is 0 Å². The predicted molar refractivity (Wildman–Crippen MR) is 92.3 cm³/mol. The second kappa shape index (κ2) is 8.11. The number of benzene rings is 1. The predicted octanol–water partition coefficient (Wildman–Crippen LogP) is 2.27. The van der Waals surface area contributed by atoms with E-state index in [-0.39, 0.29) is 18.4 Å². The third-order valence-electron chi connectivity index (χ3n) is 4.42. The maximum Gasteiger partial charge on any atom is 0.243 e. The van der Waals surface area contributed by atoms with Gasteiger partial charge in [0.05, 0.1) is 13.1 Å². The lowest BCUT2D eigenvalue weighted by molar-refractivity contribution is -0.135. The van der Waals surface area contributed by atoms with Crippen LogP contribution in [0.3, 0.4) is 0 Å². The molecule has 1 N–H and O–H groups in total. The van der Waals surface area contributed by atoms with Gasteiger partial charge in [-0.15, -0.1) is 0 Å². The number of aryl methyl sites for hydroxylation is 1. The molecule has 0 bridgehead atoms. The molecule has 0 aliphatic carbocycles. The number of rotatable bonds is 5. The van der Waals surface area contributed by atoms with Crippen LogP contribution in [0.15, 0.2) is 24.3 Å². The first kappa shape index (κ1) is 17.5. The molecule has 1 aliphatic rings. The van der Waals surface area contributed by atoms with Crippen LogP contribution in [0.25, 0.3) is 0 Å². The van der Waals surface area contributed by atoms with E-state index in [4.69, 9.17) is 0 Å². The van der Waals surface area contributed by atoms with Gasteiger partial charge in [0.25, 0.3) is 0 Å². The van der Waals surface area contributed by atoms with Crippen molar-refractivity contribution < 1.29 is 9.59 Å². The van der Waals surface area contributed by atoms with E-state index in [2.05, 4.69) is 17.1 Å². The van der Waals surface area contributed by atoms with E-state index in [0.717, 1.165) is 30.6 Å². The molecule has 1 fully saturated rings. The largest absolute Gasteiger partial charge is 0.335 e. The average molecular weight is 317 g/mol. The van der Waals surface area contributed by atoms with Gasteiger partial charge in [-0.05, 0) is 45.4 Å². The van der Waals surface area contributed by atoms with Crippen LogP contribution in [0.5, 0.6) is 0 Å². The van der Waals surface area contributed by atoms with Crippen LogP contribution in [0.2, 0.25) is 0 Å². The van der Waals surface area contributed by atoms with E-state index in [1.54, 1.807) is 7.05 Å². The number of hydrogen-bond acceptors (Lipinski definition) is 3. The van der Waals surface area contributed by atoms with Gasteiger partial charge in [-0.3, -0.25) is 14.5 Å². The summed E-state index contributed by atoms with van der Waals surface area (Å²) in [6.07, 6.45) is 3.53. The summed E-state index contributed by atoms with van der Waals surface area (Å²) in [5.74, 6) is -0.172. The van der Waals surface area contributed by atoms with Crippen molar-refractivity contribution in [1.82, 2.24) is 9.80 Å². The van der Waals surface area contributed by atoms with Gasteiger partial charge in [-0.25, -0.2) is 0 Å². The lowest BCUT2D eigenvalue weighted by atomic mass is 10.0. The Morgan fingerprint density at radius 2 is 1.96 bits per heavy atom. The zero-order valence-corrected chi connectivity index (χ0v) is 14.3. The van der Waals surface area contributed by atoms with Gasteiger partial charge < -0.3 is 10.2 Å². The monoisotopic (exact) mass is 317 g/mol. The lowest BCUT2D eigenvalue weighted by Crippen LogP contribution is -2.46. The molecule has 126 valence electrons. The van der Waals surface area contributed by atoms with E-state index in [1.807, 2.05) is 31.2 Å². The lowest BCUT2D eigenvalue weighted by Gasteiger charge is -2.33. The summed E-state index contributed by atoms with van der Waals surface area (Å²) in [4.78, 5) is 28.1. The summed E-state index contributed by atoms with van der Waals surface area (Å²) >= 11 is 0. The molecule has 1 aromatic carbocycles. The van der Waals surface area contributed by atoms with Crippen molar-refractivity contribution in [2.24, 2.45) is 0 Å². The maximum absolute atomic E-state index is 12.3. The fourth-order valence-electron chi connectivity index (χ4n) is 2.83. The van der Waals surface area contributed by atoms with Gasteiger partial charge in [0.15, 0.2) is 0 Å². The molecule has 1 heterocycles. The van der Waals surface area contributed by atoms with Crippen molar-refractivity contribution in [3.63, 3.8) is 0 Å². The Kier molecular flexibility index (Phi) is 6.16. The van der Waals surface area contributed by atoms with Crippen LogP contribution in [0.1, 0.15) is 31.7 Å². The average Bonchev–Trinajstić information content (AvgIpc) is 2.51. The number of hydrogen-bond donors (Lipinski definition) is 1. The quantitative estimate of drug-likeness (QED) is 0.906. The highest BCUT2D eigenvalue weighted by Crippen LogP contribution is 2.16. The number of nitrogens with one attached hydrogen (secondary N) is 1. The topological polar surface area (TPSA) is 52.7 Å². The second-order valence-electron chi connectivity index (χ2n) is 6.48. The van der Waals surface area contributed by atoms with E-state index >= 15 is 0 Å². The third kappa shape index (κ3) is 5.36. The number of nitrogens with zero attached hydrogens (tertiary/aromatic N) is 2. The van der Waals surface area contributed by atoms with Crippen LogP contribution in [-0.4, -0.2) is 54.3 Å². The normalized spacial score (nSPS) is 18.5. The standard InChI is InChI=1S/C18H27N3O2/c1-14-7-9-16(10-8-14)19-17(22)12-20(3)18(23)13-21-11-5-4-6-15(21)2/h7-10,15H,4-6,11-13H2,1-3H3,(H,19,22). The molecule has 1 aliphatic heterocycles. The van der Waals surface area contributed by atoms with Gasteiger partial charge in [-0.2, -0.15) is 0 Å². The number of amides is 2. The Morgan fingerprint density at radius 3 is 2.61 bits per heavy atom. The van der Waals surface area contributed by atoms with Gasteiger partial charge in [0, 0.05) is 18.8 Å². The smallest absolute Gasteiger partial charge is 0.243 e.